The van der Waals surface area contributed by atoms with E-state index in [2.05, 4.69) is 20.4 Å². The molecule has 1 heterocycles. The van der Waals surface area contributed by atoms with Crippen molar-refractivity contribution in [3.63, 3.8) is 0 Å². The summed E-state index contributed by atoms with van der Waals surface area (Å²) in [6.45, 7) is 4.15. The third kappa shape index (κ3) is 5.17. The first-order valence-electron chi connectivity index (χ1n) is 9.55. The predicted molar refractivity (Wildman–Crippen MR) is 101 cm³/mol. The van der Waals surface area contributed by atoms with Crippen molar-refractivity contribution in [2.24, 2.45) is 16.4 Å². The van der Waals surface area contributed by atoms with Gasteiger partial charge in [0.25, 0.3) is 5.91 Å². The van der Waals surface area contributed by atoms with Gasteiger partial charge in [-0.1, -0.05) is 13.8 Å². The van der Waals surface area contributed by atoms with E-state index in [1.807, 2.05) is 0 Å². The smallest absolute Gasteiger partial charge is 0.278 e. The van der Waals surface area contributed by atoms with Crippen molar-refractivity contribution in [1.29, 1.82) is 10.9 Å². The van der Waals surface area contributed by atoms with E-state index in [0.717, 1.165) is 31.4 Å². The largest absolute Gasteiger partial charge is 0.476 e. The van der Waals surface area contributed by atoms with Gasteiger partial charge in [0.05, 0.1) is 25.8 Å². The molecule has 1 aromatic rings. The van der Waals surface area contributed by atoms with Crippen LogP contribution in [0, 0.1) is 22.3 Å². The molecule has 0 radical (unpaired) electrons. The molecule has 2 saturated carbocycles. The van der Waals surface area contributed by atoms with Crippen LogP contribution in [0.5, 0.6) is 5.88 Å². The zero-order valence-corrected chi connectivity index (χ0v) is 16.2. The van der Waals surface area contributed by atoms with Crippen LogP contribution in [0.25, 0.3) is 0 Å². The second-order valence-electron chi connectivity index (χ2n) is 8.21. The highest BCUT2D eigenvalue weighted by atomic mass is 16.5. The topological polar surface area (TPSA) is 141 Å². The molecular weight excluding hydrogens is 360 g/mol. The van der Waals surface area contributed by atoms with Crippen LogP contribution in [0.1, 0.15) is 68.1 Å². The van der Waals surface area contributed by atoms with Crippen LogP contribution in [0.3, 0.4) is 0 Å². The summed E-state index contributed by atoms with van der Waals surface area (Å²) in [4.78, 5) is 33.2. The molecule has 0 saturated heterocycles. The Bertz CT molecular complexity index is 799. The molecule has 28 heavy (non-hydrogen) atoms. The van der Waals surface area contributed by atoms with Crippen molar-refractivity contribution >= 4 is 17.5 Å². The number of aromatic nitrogens is 2. The summed E-state index contributed by atoms with van der Waals surface area (Å²) >= 11 is 0. The zero-order chi connectivity index (χ0) is 20.3. The van der Waals surface area contributed by atoms with E-state index in [-0.39, 0.29) is 24.4 Å². The van der Waals surface area contributed by atoms with Gasteiger partial charge in [0.15, 0.2) is 5.69 Å². The predicted octanol–water partition coefficient (Wildman–Crippen LogP) is 2.87. The summed E-state index contributed by atoms with van der Waals surface area (Å²) in [7, 11) is 0. The van der Waals surface area contributed by atoms with Crippen LogP contribution in [-0.4, -0.2) is 40.6 Å². The summed E-state index contributed by atoms with van der Waals surface area (Å²) in [5.74, 6) is 0.0252. The normalized spacial score (nSPS) is 16.4. The zero-order valence-electron chi connectivity index (χ0n) is 16.2. The van der Waals surface area contributed by atoms with Crippen molar-refractivity contribution in [2.45, 2.75) is 51.9 Å². The summed E-state index contributed by atoms with van der Waals surface area (Å²) < 4.78 is 5.79. The SMILES string of the molecule is CC(C)(CN=N)C(=N)CC(=O)NC(=O)c1cnc(C2CC2)c(OCC2CC2)n1. The van der Waals surface area contributed by atoms with Gasteiger partial charge in [-0.25, -0.2) is 10.5 Å². The van der Waals surface area contributed by atoms with E-state index in [4.69, 9.17) is 15.7 Å². The Hall–Kier alpha value is -2.71. The third-order valence-electron chi connectivity index (χ3n) is 5.00. The molecule has 2 amide bonds. The minimum Gasteiger partial charge on any atom is -0.476 e. The lowest BCUT2D eigenvalue weighted by Crippen LogP contribution is -2.36. The van der Waals surface area contributed by atoms with E-state index < -0.39 is 17.2 Å². The van der Waals surface area contributed by atoms with Gasteiger partial charge in [-0.15, -0.1) is 0 Å². The van der Waals surface area contributed by atoms with Gasteiger partial charge in [-0.3, -0.25) is 19.9 Å². The standard InChI is InChI=1S/C19H26N6O3/c1-19(2,10-23-21)14(20)7-15(26)25-17(27)13-8-22-16(12-5-6-12)18(24-13)28-9-11-3-4-11/h8,11-12,20-21H,3-7,9-10H2,1-2H3,(H,25,26,27). The first kappa shape index (κ1) is 20.0. The third-order valence-corrected chi connectivity index (χ3v) is 5.00. The van der Waals surface area contributed by atoms with E-state index >= 15 is 0 Å². The minimum atomic E-state index is -0.711. The maximum Gasteiger partial charge on any atom is 0.278 e. The molecule has 0 bridgehead atoms. The maximum absolute atomic E-state index is 12.4. The van der Waals surface area contributed by atoms with Gasteiger partial charge in [0, 0.05) is 17.0 Å². The van der Waals surface area contributed by atoms with Crippen LogP contribution in [0.15, 0.2) is 11.3 Å². The number of hydrogen-bond donors (Lipinski definition) is 3. The van der Waals surface area contributed by atoms with Crippen molar-refractivity contribution in [1.82, 2.24) is 15.3 Å². The van der Waals surface area contributed by atoms with Crippen LogP contribution in [-0.2, 0) is 4.79 Å². The molecule has 9 heteroatoms. The van der Waals surface area contributed by atoms with E-state index in [9.17, 15) is 9.59 Å². The Morgan fingerprint density at radius 2 is 2.04 bits per heavy atom. The Labute approximate surface area is 163 Å². The lowest BCUT2D eigenvalue weighted by atomic mass is 9.85. The Morgan fingerprint density at radius 3 is 2.64 bits per heavy atom. The minimum absolute atomic E-state index is 0.0236. The molecule has 0 atom stereocenters. The summed E-state index contributed by atoms with van der Waals surface area (Å²) in [6, 6.07) is 0. The van der Waals surface area contributed by atoms with E-state index in [0.29, 0.717) is 24.3 Å². The average Bonchev–Trinajstić information content (AvgIpc) is 3.54. The molecule has 0 unspecified atom stereocenters. The van der Waals surface area contributed by atoms with E-state index in [1.54, 1.807) is 13.8 Å². The van der Waals surface area contributed by atoms with Crippen LogP contribution >= 0.6 is 0 Å². The molecular formula is C19H26N6O3. The Balaban J connectivity index is 1.62. The average molecular weight is 386 g/mol. The molecule has 3 N–H and O–H groups in total. The molecule has 2 aliphatic rings. The van der Waals surface area contributed by atoms with Gasteiger partial charge in [0.1, 0.15) is 5.69 Å². The molecule has 1 aromatic heterocycles. The molecule has 0 spiro atoms. The van der Waals surface area contributed by atoms with Crippen molar-refractivity contribution in [2.75, 3.05) is 13.2 Å². The lowest BCUT2D eigenvalue weighted by Gasteiger charge is -2.22. The highest BCUT2D eigenvalue weighted by Gasteiger charge is 2.32. The number of nitrogens with one attached hydrogen (secondary N) is 3. The summed E-state index contributed by atoms with van der Waals surface area (Å²) in [5.41, 5.74) is 7.15. The van der Waals surface area contributed by atoms with Crippen molar-refractivity contribution in [3.05, 3.63) is 17.6 Å². The van der Waals surface area contributed by atoms with Crippen LogP contribution in [0.2, 0.25) is 0 Å². The molecule has 0 aliphatic heterocycles. The number of nitrogens with zero attached hydrogens (tertiary/aromatic N) is 3. The fourth-order valence-electron chi connectivity index (χ4n) is 2.64. The Morgan fingerprint density at radius 1 is 1.32 bits per heavy atom. The molecule has 9 nitrogen and oxygen atoms in total. The number of hydrogen-bond acceptors (Lipinski definition) is 8. The number of carbonyl (C=O) groups is 2. The first-order chi connectivity index (χ1) is 13.3. The number of ether oxygens (including phenoxy) is 1. The number of amides is 2. The number of imide groups is 1. The summed E-state index contributed by atoms with van der Waals surface area (Å²) in [6.07, 6.45) is 5.51. The van der Waals surface area contributed by atoms with Gasteiger partial charge < -0.3 is 10.1 Å². The van der Waals surface area contributed by atoms with Gasteiger partial charge in [0.2, 0.25) is 11.8 Å². The second-order valence-corrected chi connectivity index (χ2v) is 8.21. The number of rotatable bonds is 10. The van der Waals surface area contributed by atoms with Gasteiger partial charge in [-0.05, 0) is 31.6 Å². The molecule has 2 aliphatic carbocycles. The van der Waals surface area contributed by atoms with Crippen LogP contribution < -0.4 is 10.1 Å². The van der Waals surface area contributed by atoms with E-state index in [1.165, 1.54) is 6.20 Å². The van der Waals surface area contributed by atoms with Gasteiger partial charge >= 0.3 is 0 Å². The first-order valence-corrected chi connectivity index (χ1v) is 9.55. The Kier molecular flexibility index (Phi) is 5.81. The number of carbonyl (C=O) groups excluding carboxylic acids is 2. The highest BCUT2D eigenvalue weighted by molar-refractivity contribution is 6.10. The van der Waals surface area contributed by atoms with Gasteiger partial charge in [-0.2, -0.15) is 5.11 Å². The molecule has 150 valence electrons. The summed E-state index contributed by atoms with van der Waals surface area (Å²) in [5, 5.41) is 13.6. The maximum atomic E-state index is 12.4. The second kappa shape index (κ2) is 8.12. The quantitative estimate of drug-likeness (QED) is 0.419. The molecule has 3 rings (SSSR count). The lowest BCUT2D eigenvalue weighted by molar-refractivity contribution is -0.119. The monoisotopic (exact) mass is 386 g/mol. The highest BCUT2D eigenvalue weighted by Crippen LogP contribution is 2.42. The molecule has 2 fully saturated rings. The van der Waals surface area contributed by atoms with Crippen LogP contribution in [0.4, 0.5) is 0 Å². The fourth-order valence-corrected chi connectivity index (χ4v) is 2.64. The fraction of sp³-hybridized carbons (Fsp3) is 0.632. The molecule has 0 aromatic carbocycles. The van der Waals surface area contributed by atoms with Crippen molar-refractivity contribution in [3.8, 4) is 5.88 Å². The van der Waals surface area contributed by atoms with Crippen molar-refractivity contribution < 1.29 is 14.3 Å².